The van der Waals surface area contributed by atoms with Crippen LogP contribution < -0.4 is 5.32 Å². The second-order valence-corrected chi connectivity index (χ2v) is 6.45. The molecule has 0 amide bonds. The molecule has 0 aliphatic heterocycles. The monoisotopic (exact) mass is 373 g/mol. The molecule has 1 fully saturated rings. The van der Waals surface area contributed by atoms with Gasteiger partial charge < -0.3 is 5.32 Å². The van der Waals surface area contributed by atoms with Crippen LogP contribution >= 0.6 is 22.6 Å². The van der Waals surface area contributed by atoms with Gasteiger partial charge in [-0.2, -0.15) is 0 Å². The zero-order valence-corrected chi connectivity index (χ0v) is 14.3. The second kappa shape index (κ2) is 6.86. The molecule has 1 aromatic rings. The summed E-state index contributed by atoms with van der Waals surface area (Å²) in [6.07, 6.45) is 7.51. The van der Waals surface area contributed by atoms with Crippen molar-refractivity contribution in [1.82, 2.24) is 9.97 Å². The molecule has 2 rings (SSSR count). The lowest BCUT2D eigenvalue weighted by molar-refractivity contribution is 0.586. The van der Waals surface area contributed by atoms with Gasteiger partial charge in [0.05, 0.1) is 9.26 Å². The van der Waals surface area contributed by atoms with Crippen LogP contribution in [0.15, 0.2) is 0 Å². The van der Waals surface area contributed by atoms with Crippen LogP contribution in [0.25, 0.3) is 0 Å². The van der Waals surface area contributed by atoms with Crippen molar-refractivity contribution in [2.45, 2.75) is 64.2 Å². The molecule has 1 heterocycles. The number of hydrogen-bond acceptors (Lipinski definition) is 3. The van der Waals surface area contributed by atoms with Crippen LogP contribution in [0.5, 0.6) is 0 Å². The zero-order chi connectivity index (χ0) is 13.8. The number of aromatic nitrogens is 2. The molecular formula is C15H24IN3. The summed E-state index contributed by atoms with van der Waals surface area (Å²) in [6, 6.07) is 0. The van der Waals surface area contributed by atoms with Gasteiger partial charge in [0.1, 0.15) is 11.6 Å². The third-order valence-corrected chi connectivity index (χ3v) is 5.29. The Morgan fingerprint density at radius 3 is 2.37 bits per heavy atom. The van der Waals surface area contributed by atoms with Gasteiger partial charge in [-0.3, -0.25) is 0 Å². The summed E-state index contributed by atoms with van der Waals surface area (Å²) in [5.41, 5.74) is 1.29. The van der Waals surface area contributed by atoms with E-state index in [9.17, 15) is 0 Å². The summed E-state index contributed by atoms with van der Waals surface area (Å²) in [7, 11) is 1.96. The van der Waals surface area contributed by atoms with Gasteiger partial charge in [0.15, 0.2) is 0 Å². The third-order valence-electron chi connectivity index (χ3n) is 4.22. The molecule has 1 aliphatic rings. The first-order chi connectivity index (χ1) is 9.21. The largest absolute Gasteiger partial charge is 0.372 e. The van der Waals surface area contributed by atoms with Crippen molar-refractivity contribution in [3.63, 3.8) is 0 Å². The molecule has 1 N–H and O–H groups in total. The molecule has 0 radical (unpaired) electrons. The fraction of sp³-hybridized carbons (Fsp3) is 0.733. The molecule has 1 saturated carbocycles. The number of hydrogen-bond donors (Lipinski definition) is 1. The van der Waals surface area contributed by atoms with Crippen LogP contribution in [0.1, 0.15) is 75.7 Å². The lowest BCUT2D eigenvalue weighted by Gasteiger charge is -2.18. The average molecular weight is 373 g/mol. The molecule has 0 unspecified atom stereocenters. The van der Waals surface area contributed by atoms with Crippen molar-refractivity contribution in [3.05, 3.63) is 15.1 Å². The first kappa shape index (κ1) is 15.0. The minimum absolute atomic E-state index is 0.490. The highest BCUT2D eigenvalue weighted by atomic mass is 127. The fourth-order valence-corrected chi connectivity index (χ4v) is 3.91. The van der Waals surface area contributed by atoms with Crippen molar-refractivity contribution in [3.8, 4) is 0 Å². The topological polar surface area (TPSA) is 37.8 Å². The summed E-state index contributed by atoms with van der Waals surface area (Å²) >= 11 is 2.41. The van der Waals surface area contributed by atoms with Crippen molar-refractivity contribution >= 4 is 28.4 Å². The summed E-state index contributed by atoms with van der Waals surface area (Å²) in [6.45, 7) is 4.45. The molecule has 106 valence electrons. The lowest BCUT2D eigenvalue weighted by atomic mass is 10.00. The van der Waals surface area contributed by atoms with E-state index in [0.29, 0.717) is 11.8 Å². The van der Waals surface area contributed by atoms with Gasteiger partial charge >= 0.3 is 0 Å². The van der Waals surface area contributed by atoms with E-state index in [1.165, 1.54) is 34.9 Å². The van der Waals surface area contributed by atoms with E-state index < -0.39 is 0 Å². The number of anilines is 1. The van der Waals surface area contributed by atoms with Gasteiger partial charge in [0, 0.05) is 18.9 Å². The Labute approximate surface area is 130 Å². The number of nitrogens with one attached hydrogen (secondary N) is 1. The summed E-state index contributed by atoms with van der Waals surface area (Å²) < 4.78 is 1.22. The molecule has 0 bridgehead atoms. The van der Waals surface area contributed by atoms with Crippen molar-refractivity contribution < 1.29 is 0 Å². The Kier molecular flexibility index (Phi) is 5.42. The number of rotatable bonds is 5. The SMILES string of the molecule is CCC(CC)c1nc(NC)c(I)c(C2CCCC2)n1. The first-order valence-electron chi connectivity index (χ1n) is 7.46. The minimum Gasteiger partial charge on any atom is -0.372 e. The maximum Gasteiger partial charge on any atom is 0.143 e. The quantitative estimate of drug-likeness (QED) is 0.762. The maximum absolute atomic E-state index is 4.95. The predicted octanol–water partition coefficient (Wildman–Crippen LogP) is 4.68. The van der Waals surface area contributed by atoms with Crippen LogP contribution in [-0.4, -0.2) is 17.0 Å². The van der Waals surface area contributed by atoms with E-state index >= 15 is 0 Å². The van der Waals surface area contributed by atoms with Crippen LogP contribution in [0.2, 0.25) is 0 Å². The second-order valence-electron chi connectivity index (χ2n) is 5.37. The van der Waals surface area contributed by atoms with E-state index in [4.69, 9.17) is 9.97 Å². The summed E-state index contributed by atoms with van der Waals surface area (Å²) in [5, 5.41) is 3.24. The smallest absolute Gasteiger partial charge is 0.143 e. The van der Waals surface area contributed by atoms with Crippen LogP contribution in [0, 0.1) is 3.57 Å². The van der Waals surface area contributed by atoms with Gasteiger partial charge in [-0.05, 0) is 48.3 Å². The molecule has 0 spiro atoms. The molecule has 3 nitrogen and oxygen atoms in total. The Morgan fingerprint density at radius 1 is 1.21 bits per heavy atom. The average Bonchev–Trinajstić information content (AvgIpc) is 2.95. The van der Waals surface area contributed by atoms with Gasteiger partial charge in [-0.15, -0.1) is 0 Å². The maximum atomic E-state index is 4.95. The van der Waals surface area contributed by atoms with Crippen LogP contribution in [0.4, 0.5) is 5.82 Å². The van der Waals surface area contributed by atoms with Crippen LogP contribution in [0.3, 0.4) is 0 Å². The Hall–Kier alpha value is -0.390. The lowest BCUT2D eigenvalue weighted by Crippen LogP contribution is -2.12. The molecule has 1 aliphatic carbocycles. The van der Waals surface area contributed by atoms with Gasteiger partial charge in [-0.1, -0.05) is 26.7 Å². The molecule has 0 saturated heterocycles. The Bertz CT molecular complexity index is 424. The van der Waals surface area contributed by atoms with Crippen LogP contribution in [-0.2, 0) is 0 Å². The van der Waals surface area contributed by atoms with Gasteiger partial charge in [0.2, 0.25) is 0 Å². The molecule has 0 aromatic carbocycles. The van der Waals surface area contributed by atoms with E-state index in [1.807, 2.05) is 7.05 Å². The molecular weight excluding hydrogens is 349 g/mol. The summed E-state index contributed by atoms with van der Waals surface area (Å²) in [5.74, 6) is 3.19. The highest BCUT2D eigenvalue weighted by molar-refractivity contribution is 14.1. The molecule has 4 heteroatoms. The number of halogens is 1. The van der Waals surface area contributed by atoms with E-state index in [-0.39, 0.29) is 0 Å². The Morgan fingerprint density at radius 2 is 1.84 bits per heavy atom. The van der Waals surface area contributed by atoms with Crippen molar-refractivity contribution in [1.29, 1.82) is 0 Å². The van der Waals surface area contributed by atoms with Crippen molar-refractivity contribution in [2.75, 3.05) is 12.4 Å². The Balaban J connectivity index is 2.42. The first-order valence-corrected chi connectivity index (χ1v) is 8.54. The zero-order valence-electron chi connectivity index (χ0n) is 12.2. The fourth-order valence-electron chi connectivity index (χ4n) is 2.95. The van der Waals surface area contributed by atoms with Gasteiger partial charge in [0.25, 0.3) is 0 Å². The van der Waals surface area contributed by atoms with Crippen molar-refractivity contribution in [2.24, 2.45) is 0 Å². The normalized spacial score (nSPS) is 16.3. The molecule has 0 atom stereocenters. The van der Waals surface area contributed by atoms with Gasteiger partial charge in [-0.25, -0.2) is 9.97 Å². The van der Waals surface area contributed by atoms with E-state index in [0.717, 1.165) is 24.5 Å². The standard InChI is InChI=1S/C15H24IN3/c1-4-10(5-2)14-18-13(11-8-6-7-9-11)12(16)15(17-3)19-14/h10-11H,4-9H2,1-3H3,(H,17,18,19). The third kappa shape index (κ3) is 3.20. The summed E-state index contributed by atoms with van der Waals surface area (Å²) in [4.78, 5) is 9.68. The van der Waals surface area contributed by atoms with E-state index in [1.54, 1.807) is 0 Å². The minimum atomic E-state index is 0.490. The number of nitrogens with zero attached hydrogens (tertiary/aromatic N) is 2. The highest BCUT2D eigenvalue weighted by Gasteiger charge is 2.24. The predicted molar refractivity (Wildman–Crippen MR) is 88.8 cm³/mol. The molecule has 19 heavy (non-hydrogen) atoms. The highest BCUT2D eigenvalue weighted by Crippen LogP contribution is 2.37. The molecule has 1 aromatic heterocycles. The van der Waals surface area contributed by atoms with E-state index in [2.05, 4.69) is 41.8 Å².